The number of fused-ring (bicyclic) bond motifs is 3. The second kappa shape index (κ2) is 8.09. The summed E-state index contributed by atoms with van der Waals surface area (Å²) in [5, 5.41) is 24.2. The van der Waals surface area contributed by atoms with Crippen molar-refractivity contribution in [2.24, 2.45) is 0 Å². The molecule has 3 N–H and O–H groups in total. The summed E-state index contributed by atoms with van der Waals surface area (Å²) in [4.78, 5) is 1.25. The molecule has 4 aromatic rings. The fourth-order valence-electron chi connectivity index (χ4n) is 3.50. The number of aromatic hydroxyl groups is 1. The van der Waals surface area contributed by atoms with Gasteiger partial charge in [0, 0.05) is 33.4 Å². The first kappa shape index (κ1) is 18.0. The summed E-state index contributed by atoms with van der Waals surface area (Å²) >= 11 is 0. The summed E-state index contributed by atoms with van der Waals surface area (Å²) in [6, 6.07) is 24.8. The van der Waals surface area contributed by atoms with Crippen LogP contribution in [-0.4, -0.2) is 29.4 Å². The first-order chi connectivity index (χ1) is 13.2. The van der Waals surface area contributed by atoms with Crippen LogP contribution in [0.2, 0.25) is 0 Å². The molecule has 0 unspecified atom stereocenters. The van der Waals surface area contributed by atoms with Crippen molar-refractivity contribution in [3.05, 3.63) is 72.8 Å². The number of thiophene rings is 1. The molecule has 1 fully saturated rings. The van der Waals surface area contributed by atoms with Crippen molar-refractivity contribution in [1.29, 1.82) is 0 Å². The number of aliphatic hydroxyl groups is 1. The van der Waals surface area contributed by atoms with Gasteiger partial charge in [-0.3, -0.25) is 0 Å². The first-order valence-electron chi connectivity index (χ1n) is 9.34. The second-order valence-electron chi connectivity index (χ2n) is 6.77. The van der Waals surface area contributed by atoms with Crippen LogP contribution in [-0.2, 0) is 0 Å². The Balaban J connectivity index is 0.000000218. The number of benzene rings is 3. The smallest absolute Gasteiger partial charge is 0.187 e. The lowest BCUT2D eigenvalue weighted by Crippen LogP contribution is -2.30. The normalized spacial score (nSPS) is 14.9. The molecule has 0 saturated carbocycles. The van der Waals surface area contributed by atoms with Crippen LogP contribution in [0.25, 0.3) is 25.1 Å². The summed E-state index contributed by atoms with van der Waals surface area (Å²) in [6.07, 6.45) is 1.83. The zero-order valence-electron chi connectivity index (χ0n) is 15.1. The number of nitrogens with one attached hydrogen (secondary N) is 1. The Morgan fingerprint density at radius 3 is 1.74 bits per heavy atom. The van der Waals surface area contributed by atoms with E-state index in [1.54, 1.807) is 12.1 Å². The number of rotatable bonds is 1. The van der Waals surface area contributed by atoms with Gasteiger partial charge >= 0.3 is 0 Å². The molecule has 1 aliphatic rings. The Labute approximate surface area is 161 Å². The second-order valence-corrected chi connectivity index (χ2v) is 8.74. The van der Waals surface area contributed by atoms with Gasteiger partial charge in [0.1, 0.15) is 5.75 Å². The van der Waals surface area contributed by atoms with Crippen LogP contribution in [0.15, 0.2) is 72.8 Å². The lowest BCUT2D eigenvalue weighted by Gasteiger charge is -2.16. The van der Waals surface area contributed by atoms with Crippen molar-refractivity contribution in [3.8, 4) is 10.6 Å². The van der Waals surface area contributed by atoms with Gasteiger partial charge in [-0.25, -0.2) is 0 Å². The molecule has 4 heteroatoms. The van der Waals surface area contributed by atoms with Crippen molar-refractivity contribution in [2.75, 3.05) is 13.1 Å². The van der Waals surface area contributed by atoms with Gasteiger partial charge in [-0.15, -0.1) is 0 Å². The third-order valence-electron chi connectivity index (χ3n) is 4.89. The predicted molar refractivity (Wildman–Crippen MR) is 115 cm³/mol. The average molecular weight is 379 g/mol. The lowest BCUT2D eigenvalue weighted by atomic mass is 10.1. The Bertz CT molecular complexity index is 980. The molecule has 0 bridgehead atoms. The number of piperidine rings is 1. The first-order valence-corrected chi connectivity index (χ1v) is 10.6. The highest BCUT2D eigenvalue weighted by atomic mass is 32.2. The molecule has 3 nitrogen and oxygen atoms in total. The fourth-order valence-corrected chi connectivity index (χ4v) is 5.87. The number of hydrogen-bond acceptors (Lipinski definition) is 3. The van der Waals surface area contributed by atoms with Crippen LogP contribution in [0.1, 0.15) is 12.8 Å². The molecular formula is C23H24NO2S+. The van der Waals surface area contributed by atoms with Gasteiger partial charge in [0.15, 0.2) is 14.3 Å². The minimum Gasteiger partial charge on any atom is -0.508 e. The van der Waals surface area contributed by atoms with Crippen molar-refractivity contribution in [2.45, 2.75) is 18.9 Å². The number of hydrogen-bond donors (Lipinski definition) is 3. The van der Waals surface area contributed by atoms with E-state index in [0.717, 1.165) is 25.9 Å². The zero-order valence-corrected chi connectivity index (χ0v) is 16.0. The van der Waals surface area contributed by atoms with Gasteiger partial charge in [0.05, 0.1) is 6.10 Å². The summed E-state index contributed by atoms with van der Waals surface area (Å²) in [6.45, 7) is 1.97. The van der Waals surface area contributed by atoms with Gasteiger partial charge < -0.3 is 15.5 Å². The highest BCUT2D eigenvalue weighted by molar-refractivity contribution is 7.50. The van der Waals surface area contributed by atoms with E-state index in [-0.39, 0.29) is 16.6 Å². The molecule has 1 aromatic heterocycles. The van der Waals surface area contributed by atoms with Crippen molar-refractivity contribution in [1.82, 2.24) is 5.32 Å². The molecule has 5 rings (SSSR count). The highest BCUT2D eigenvalue weighted by Crippen LogP contribution is 2.48. The molecule has 138 valence electrons. The number of phenols is 1. The maximum atomic E-state index is 9.49. The third kappa shape index (κ3) is 3.83. The van der Waals surface area contributed by atoms with Crippen LogP contribution in [0.4, 0.5) is 0 Å². The summed E-state index contributed by atoms with van der Waals surface area (Å²) in [5.41, 5.74) is 0. The molecular weight excluding hydrogens is 354 g/mol. The van der Waals surface area contributed by atoms with Gasteiger partial charge in [-0.05, 0) is 62.3 Å². The summed E-state index contributed by atoms with van der Waals surface area (Å²) in [7, 11) is -0.0599. The van der Waals surface area contributed by atoms with E-state index in [9.17, 15) is 5.11 Å². The molecule has 0 atom stereocenters. The molecule has 0 spiro atoms. The topological polar surface area (TPSA) is 52.5 Å². The summed E-state index contributed by atoms with van der Waals surface area (Å²) in [5.74, 6) is 0.318. The minimum absolute atomic E-state index is 0.0266. The van der Waals surface area contributed by atoms with Gasteiger partial charge in [-0.1, -0.05) is 24.3 Å². The Morgan fingerprint density at radius 1 is 0.741 bits per heavy atom. The average Bonchev–Trinajstić information content (AvgIpc) is 3.04. The molecule has 27 heavy (non-hydrogen) atoms. The van der Waals surface area contributed by atoms with Crippen molar-refractivity contribution < 1.29 is 10.2 Å². The molecule has 0 radical (unpaired) electrons. The minimum atomic E-state index is -0.0599. The summed E-state index contributed by atoms with van der Waals surface area (Å²) < 4.78 is 2.75. The largest absolute Gasteiger partial charge is 0.508 e. The van der Waals surface area contributed by atoms with E-state index in [1.807, 2.05) is 12.1 Å². The van der Waals surface area contributed by atoms with Crippen molar-refractivity contribution in [3.63, 3.8) is 0 Å². The zero-order chi connectivity index (χ0) is 18.6. The molecule has 0 aliphatic carbocycles. The SMILES string of the molecule is OC1CCNCC1.Oc1ccc(-[s+]2c3ccccc3c3ccccc32)cc1. The van der Waals surface area contributed by atoms with Gasteiger partial charge in [-0.2, -0.15) is 0 Å². The van der Waals surface area contributed by atoms with Crippen LogP contribution in [0.5, 0.6) is 5.75 Å². The van der Waals surface area contributed by atoms with Gasteiger partial charge in [0.2, 0.25) is 0 Å². The maximum absolute atomic E-state index is 9.49. The quantitative estimate of drug-likeness (QED) is 0.401. The Morgan fingerprint density at radius 2 is 1.26 bits per heavy atom. The van der Waals surface area contributed by atoms with E-state index < -0.39 is 0 Å². The molecule has 1 saturated heterocycles. The number of phenolic OH excluding ortho intramolecular Hbond substituents is 1. The van der Waals surface area contributed by atoms with E-state index in [0.29, 0.717) is 5.75 Å². The van der Waals surface area contributed by atoms with E-state index >= 15 is 0 Å². The fraction of sp³-hybridized carbons (Fsp3) is 0.217. The highest BCUT2D eigenvalue weighted by Gasteiger charge is 2.22. The van der Waals surface area contributed by atoms with E-state index in [2.05, 4.69) is 53.8 Å². The molecule has 0 amide bonds. The van der Waals surface area contributed by atoms with E-state index in [4.69, 9.17) is 5.11 Å². The van der Waals surface area contributed by atoms with Gasteiger partial charge in [0.25, 0.3) is 0 Å². The van der Waals surface area contributed by atoms with Crippen molar-refractivity contribution >= 4 is 30.6 Å². The Kier molecular flexibility index (Phi) is 5.39. The van der Waals surface area contributed by atoms with Crippen LogP contribution >= 0.6 is 10.5 Å². The Hall–Kier alpha value is -2.40. The molecule has 3 aromatic carbocycles. The predicted octanol–water partition coefficient (Wildman–Crippen LogP) is 5.17. The van der Waals surface area contributed by atoms with E-state index in [1.165, 1.54) is 25.1 Å². The van der Waals surface area contributed by atoms with Crippen LogP contribution in [0.3, 0.4) is 0 Å². The molecule has 2 heterocycles. The third-order valence-corrected chi connectivity index (χ3v) is 7.22. The lowest BCUT2D eigenvalue weighted by molar-refractivity contribution is 0.137. The molecule has 1 aliphatic heterocycles. The maximum Gasteiger partial charge on any atom is 0.187 e. The standard InChI is InChI=1S/C18H12OS.C5H11NO/c19-13-9-11-14(12-10-13)20-17-7-3-1-5-15(17)16-6-2-4-8-18(16)20;7-5-1-3-6-4-2-5/h1-12H;5-7H,1-4H2/p+1. The monoisotopic (exact) mass is 378 g/mol. The van der Waals surface area contributed by atoms with Crippen LogP contribution < -0.4 is 5.32 Å². The van der Waals surface area contributed by atoms with Crippen LogP contribution in [0, 0.1) is 0 Å². The number of aliphatic hydroxyl groups excluding tert-OH is 1.